The van der Waals surface area contributed by atoms with Gasteiger partial charge in [-0.1, -0.05) is 5.16 Å². The standard InChI is InChI=1S/C20H27N3O4/c1-14-19(15(2)27-22-14)12-23(3)20(24)21-16-7-9-17(10-8-16)26-13-18-6-4-5-11-25-18/h7-10,18H,4-6,11-13H2,1-3H3,(H,21,24)/t18-/m1/s1. The number of urea groups is 1. The number of nitrogens with zero attached hydrogens (tertiary/aromatic N) is 2. The molecule has 1 aliphatic rings. The first-order valence-electron chi connectivity index (χ1n) is 9.31. The minimum Gasteiger partial charge on any atom is -0.491 e. The zero-order valence-corrected chi connectivity index (χ0v) is 16.2. The first kappa shape index (κ1) is 19.2. The molecule has 1 saturated heterocycles. The average Bonchev–Trinajstić information content (AvgIpc) is 3.00. The minimum atomic E-state index is -0.195. The van der Waals surface area contributed by atoms with Crippen LogP contribution in [0.1, 0.15) is 36.3 Å². The zero-order chi connectivity index (χ0) is 19.2. The third-order valence-electron chi connectivity index (χ3n) is 4.74. The van der Waals surface area contributed by atoms with Crippen molar-refractivity contribution in [3.05, 3.63) is 41.3 Å². The highest BCUT2D eigenvalue weighted by atomic mass is 16.5. The summed E-state index contributed by atoms with van der Waals surface area (Å²) in [7, 11) is 1.74. The van der Waals surface area contributed by atoms with Gasteiger partial charge in [-0.25, -0.2) is 4.79 Å². The van der Waals surface area contributed by atoms with Crippen LogP contribution in [-0.2, 0) is 11.3 Å². The number of carbonyl (C=O) groups is 1. The number of rotatable bonds is 6. The van der Waals surface area contributed by atoms with Gasteiger partial charge in [0, 0.05) is 24.9 Å². The van der Waals surface area contributed by atoms with Crippen molar-refractivity contribution in [2.45, 2.75) is 45.8 Å². The fourth-order valence-electron chi connectivity index (χ4n) is 3.02. The van der Waals surface area contributed by atoms with Crippen LogP contribution in [0, 0.1) is 13.8 Å². The lowest BCUT2D eigenvalue weighted by atomic mass is 10.1. The maximum atomic E-state index is 12.4. The Morgan fingerprint density at radius 2 is 2.07 bits per heavy atom. The molecule has 3 rings (SSSR count). The largest absolute Gasteiger partial charge is 0.491 e. The average molecular weight is 373 g/mol. The minimum absolute atomic E-state index is 0.177. The van der Waals surface area contributed by atoms with E-state index in [1.165, 1.54) is 6.42 Å². The van der Waals surface area contributed by atoms with Gasteiger partial charge in [-0.15, -0.1) is 0 Å². The van der Waals surface area contributed by atoms with Gasteiger partial charge < -0.3 is 24.2 Å². The lowest BCUT2D eigenvalue weighted by Gasteiger charge is -2.22. The third kappa shape index (κ3) is 5.23. The molecule has 1 aromatic heterocycles. The van der Waals surface area contributed by atoms with Crippen molar-refractivity contribution >= 4 is 11.7 Å². The quantitative estimate of drug-likeness (QED) is 0.831. The summed E-state index contributed by atoms with van der Waals surface area (Å²) in [4.78, 5) is 14.0. The number of amides is 2. The number of hydrogen-bond acceptors (Lipinski definition) is 5. The van der Waals surface area contributed by atoms with Crippen molar-refractivity contribution in [1.29, 1.82) is 0 Å². The highest BCUT2D eigenvalue weighted by Crippen LogP contribution is 2.19. The molecular weight excluding hydrogens is 346 g/mol. The second-order valence-electron chi connectivity index (χ2n) is 6.91. The number of carbonyl (C=O) groups excluding carboxylic acids is 1. The van der Waals surface area contributed by atoms with E-state index in [1.807, 2.05) is 38.1 Å². The Labute approximate surface area is 159 Å². The van der Waals surface area contributed by atoms with Gasteiger partial charge in [0.15, 0.2) is 0 Å². The zero-order valence-electron chi connectivity index (χ0n) is 16.2. The third-order valence-corrected chi connectivity index (χ3v) is 4.74. The molecule has 7 heteroatoms. The van der Waals surface area contributed by atoms with Crippen LogP contribution in [0.4, 0.5) is 10.5 Å². The lowest BCUT2D eigenvalue weighted by molar-refractivity contribution is -0.0110. The predicted molar refractivity (Wildman–Crippen MR) is 102 cm³/mol. The molecule has 0 radical (unpaired) electrons. The van der Waals surface area contributed by atoms with E-state index >= 15 is 0 Å². The highest BCUT2D eigenvalue weighted by molar-refractivity contribution is 5.89. The van der Waals surface area contributed by atoms with Gasteiger partial charge in [0.05, 0.1) is 18.3 Å². The molecule has 1 aliphatic heterocycles. The van der Waals surface area contributed by atoms with E-state index in [0.717, 1.165) is 42.2 Å². The SMILES string of the molecule is Cc1noc(C)c1CN(C)C(=O)Nc1ccc(OC[C@H]2CCCCO2)cc1. The van der Waals surface area contributed by atoms with E-state index in [-0.39, 0.29) is 12.1 Å². The monoisotopic (exact) mass is 373 g/mol. The molecule has 1 aromatic carbocycles. The first-order chi connectivity index (χ1) is 13.0. The highest BCUT2D eigenvalue weighted by Gasteiger charge is 2.16. The number of nitrogens with one attached hydrogen (secondary N) is 1. The molecule has 27 heavy (non-hydrogen) atoms. The van der Waals surface area contributed by atoms with Crippen molar-refractivity contribution in [2.75, 3.05) is 25.6 Å². The van der Waals surface area contributed by atoms with Gasteiger partial charge >= 0.3 is 6.03 Å². The molecular formula is C20H27N3O4. The molecule has 2 aromatic rings. The Hall–Kier alpha value is -2.54. The van der Waals surface area contributed by atoms with Crippen molar-refractivity contribution in [1.82, 2.24) is 10.1 Å². The normalized spacial score (nSPS) is 16.8. The fraction of sp³-hybridized carbons (Fsp3) is 0.500. The van der Waals surface area contributed by atoms with Gasteiger partial charge in [0.1, 0.15) is 18.1 Å². The van der Waals surface area contributed by atoms with Crippen LogP contribution in [0.25, 0.3) is 0 Å². The number of aryl methyl sites for hydroxylation is 2. The molecule has 146 valence electrons. The summed E-state index contributed by atoms with van der Waals surface area (Å²) in [5.41, 5.74) is 2.45. The van der Waals surface area contributed by atoms with Crippen molar-refractivity contribution in [3.8, 4) is 5.75 Å². The number of aromatic nitrogens is 1. The summed E-state index contributed by atoms with van der Waals surface area (Å²) in [5.74, 6) is 1.50. The number of ether oxygens (including phenoxy) is 2. The predicted octanol–water partition coefficient (Wildman–Crippen LogP) is 3.90. The Morgan fingerprint density at radius 3 is 2.70 bits per heavy atom. The summed E-state index contributed by atoms with van der Waals surface area (Å²) in [6.07, 6.45) is 3.55. The number of hydrogen-bond donors (Lipinski definition) is 1. The van der Waals surface area contributed by atoms with E-state index < -0.39 is 0 Å². The molecule has 0 saturated carbocycles. The molecule has 0 bridgehead atoms. The molecule has 1 fully saturated rings. The van der Waals surface area contributed by atoms with Gasteiger partial charge in [-0.2, -0.15) is 0 Å². The second kappa shape index (κ2) is 8.90. The molecule has 2 heterocycles. The summed E-state index contributed by atoms with van der Waals surface area (Å²) >= 11 is 0. The maximum absolute atomic E-state index is 12.4. The molecule has 7 nitrogen and oxygen atoms in total. The first-order valence-corrected chi connectivity index (χ1v) is 9.31. The van der Waals surface area contributed by atoms with Gasteiger partial charge in [0.25, 0.3) is 0 Å². The van der Waals surface area contributed by atoms with Crippen molar-refractivity contribution in [3.63, 3.8) is 0 Å². The van der Waals surface area contributed by atoms with Crippen LogP contribution in [0.3, 0.4) is 0 Å². The number of benzene rings is 1. The van der Waals surface area contributed by atoms with Gasteiger partial charge in [-0.05, 0) is 57.4 Å². The Bertz CT molecular complexity index is 732. The van der Waals surface area contributed by atoms with Gasteiger partial charge in [-0.3, -0.25) is 0 Å². The molecule has 0 unspecified atom stereocenters. The van der Waals surface area contributed by atoms with Crippen LogP contribution in [0.5, 0.6) is 5.75 Å². The summed E-state index contributed by atoms with van der Waals surface area (Å²) in [5, 5.41) is 6.80. The molecule has 0 aliphatic carbocycles. The molecule has 0 spiro atoms. The van der Waals surface area contributed by atoms with Gasteiger partial charge in [0.2, 0.25) is 0 Å². The second-order valence-corrected chi connectivity index (χ2v) is 6.91. The van der Waals surface area contributed by atoms with Crippen LogP contribution in [-0.4, -0.2) is 42.5 Å². The van der Waals surface area contributed by atoms with Crippen LogP contribution in [0.2, 0.25) is 0 Å². The van der Waals surface area contributed by atoms with Crippen LogP contribution >= 0.6 is 0 Å². The van der Waals surface area contributed by atoms with Crippen LogP contribution < -0.4 is 10.1 Å². The van der Waals surface area contributed by atoms with Crippen molar-refractivity contribution < 1.29 is 18.8 Å². The maximum Gasteiger partial charge on any atom is 0.321 e. The topological polar surface area (TPSA) is 76.8 Å². The Morgan fingerprint density at radius 1 is 1.30 bits per heavy atom. The summed E-state index contributed by atoms with van der Waals surface area (Å²) < 4.78 is 16.6. The smallest absolute Gasteiger partial charge is 0.321 e. The van der Waals surface area contributed by atoms with E-state index in [1.54, 1.807) is 11.9 Å². The Kier molecular flexibility index (Phi) is 6.34. The number of anilines is 1. The summed E-state index contributed by atoms with van der Waals surface area (Å²) in [6.45, 7) is 5.54. The Balaban J connectivity index is 1.49. The van der Waals surface area contributed by atoms with E-state index in [9.17, 15) is 4.79 Å². The van der Waals surface area contributed by atoms with E-state index in [2.05, 4.69) is 10.5 Å². The molecule has 1 N–H and O–H groups in total. The van der Waals surface area contributed by atoms with Crippen molar-refractivity contribution in [2.24, 2.45) is 0 Å². The van der Waals surface area contributed by atoms with Crippen LogP contribution in [0.15, 0.2) is 28.8 Å². The molecule has 2 amide bonds. The van der Waals surface area contributed by atoms with E-state index in [0.29, 0.717) is 18.8 Å². The lowest BCUT2D eigenvalue weighted by Crippen LogP contribution is -2.31. The summed E-state index contributed by atoms with van der Waals surface area (Å²) in [6, 6.07) is 7.18. The van der Waals surface area contributed by atoms with E-state index in [4.69, 9.17) is 14.0 Å². The fourth-order valence-corrected chi connectivity index (χ4v) is 3.02. The molecule has 1 atom stereocenters.